The van der Waals surface area contributed by atoms with Crippen molar-refractivity contribution in [2.45, 2.75) is 18.9 Å². The molecule has 1 amide bonds. The standard InChI is InChI=1S/C22H28N2O4/c1-26-20-11-10-17(15-21(20)27-2)19-9-6-13-24(19)16-22(25)23-12-14-28-18-7-4-3-5-8-18/h3-5,7-8,10-11,15,19H,6,9,12-14,16H2,1-2H3,(H,23,25). The molecule has 6 heteroatoms. The first-order chi connectivity index (χ1) is 13.7. The van der Waals surface area contributed by atoms with Gasteiger partial charge in [-0.15, -0.1) is 0 Å². The number of likely N-dealkylation sites (tertiary alicyclic amines) is 1. The number of nitrogens with one attached hydrogen (secondary N) is 1. The van der Waals surface area contributed by atoms with E-state index in [1.54, 1.807) is 14.2 Å². The van der Waals surface area contributed by atoms with E-state index < -0.39 is 0 Å². The topological polar surface area (TPSA) is 60.0 Å². The maximum Gasteiger partial charge on any atom is 0.234 e. The summed E-state index contributed by atoms with van der Waals surface area (Å²) < 4.78 is 16.3. The third-order valence-corrected chi connectivity index (χ3v) is 4.94. The Hall–Kier alpha value is -2.73. The molecule has 0 radical (unpaired) electrons. The van der Waals surface area contributed by atoms with Crippen molar-refractivity contribution in [1.29, 1.82) is 0 Å². The Bertz CT molecular complexity index is 766. The molecule has 1 fully saturated rings. The van der Waals surface area contributed by atoms with Crippen LogP contribution < -0.4 is 19.5 Å². The van der Waals surface area contributed by atoms with Crippen LogP contribution in [-0.2, 0) is 4.79 Å². The summed E-state index contributed by atoms with van der Waals surface area (Å²) in [5, 5.41) is 2.94. The Kier molecular flexibility index (Phi) is 7.14. The fraction of sp³-hybridized carbons (Fsp3) is 0.409. The van der Waals surface area contributed by atoms with Gasteiger partial charge in [0.1, 0.15) is 12.4 Å². The van der Waals surface area contributed by atoms with Crippen LogP contribution in [0.25, 0.3) is 0 Å². The minimum Gasteiger partial charge on any atom is -0.493 e. The smallest absolute Gasteiger partial charge is 0.234 e. The van der Waals surface area contributed by atoms with Gasteiger partial charge < -0.3 is 19.5 Å². The van der Waals surface area contributed by atoms with E-state index in [1.807, 2.05) is 42.5 Å². The van der Waals surface area contributed by atoms with E-state index in [0.717, 1.165) is 36.4 Å². The Morgan fingerprint density at radius 1 is 1.11 bits per heavy atom. The number of nitrogens with zero attached hydrogens (tertiary/aromatic N) is 1. The van der Waals surface area contributed by atoms with Gasteiger partial charge in [0, 0.05) is 6.04 Å². The molecule has 6 nitrogen and oxygen atoms in total. The van der Waals surface area contributed by atoms with Crippen LogP contribution in [0.2, 0.25) is 0 Å². The van der Waals surface area contributed by atoms with Gasteiger partial charge in [-0.3, -0.25) is 9.69 Å². The van der Waals surface area contributed by atoms with Crippen LogP contribution in [0, 0.1) is 0 Å². The molecule has 1 saturated heterocycles. The lowest BCUT2D eigenvalue weighted by Crippen LogP contribution is -2.38. The van der Waals surface area contributed by atoms with Crippen molar-refractivity contribution in [2.24, 2.45) is 0 Å². The van der Waals surface area contributed by atoms with E-state index >= 15 is 0 Å². The third-order valence-electron chi connectivity index (χ3n) is 4.94. The molecule has 28 heavy (non-hydrogen) atoms. The van der Waals surface area contributed by atoms with Gasteiger partial charge in [-0.2, -0.15) is 0 Å². The summed E-state index contributed by atoms with van der Waals surface area (Å²) in [6.45, 7) is 2.23. The minimum atomic E-state index is 0.0176. The van der Waals surface area contributed by atoms with Crippen molar-refractivity contribution >= 4 is 5.91 Å². The molecule has 0 bridgehead atoms. The molecule has 1 aliphatic rings. The number of carbonyl (C=O) groups is 1. The molecule has 1 aliphatic heterocycles. The van der Waals surface area contributed by atoms with E-state index in [2.05, 4.69) is 16.3 Å². The van der Waals surface area contributed by atoms with Crippen molar-refractivity contribution in [1.82, 2.24) is 10.2 Å². The summed E-state index contributed by atoms with van der Waals surface area (Å²) in [6.07, 6.45) is 2.10. The second-order valence-corrected chi connectivity index (χ2v) is 6.75. The van der Waals surface area contributed by atoms with Gasteiger partial charge in [0.15, 0.2) is 11.5 Å². The predicted octanol–water partition coefficient (Wildman–Crippen LogP) is 3.04. The average molecular weight is 384 g/mol. The lowest BCUT2D eigenvalue weighted by molar-refractivity contribution is -0.122. The molecule has 1 atom stereocenters. The zero-order valence-electron chi connectivity index (χ0n) is 16.5. The fourth-order valence-corrected chi connectivity index (χ4v) is 3.57. The summed E-state index contributed by atoms with van der Waals surface area (Å²) in [5.74, 6) is 2.26. The van der Waals surface area contributed by atoms with Gasteiger partial charge in [0.25, 0.3) is 0 Å². The molecule has 1 unspecified atom stereocenters. The number of carbonyl (C=O) groups excluding carboxylic acids is 1. The van der Waals surface area contributed by atoms with Crippen molar-refractivity contribution in [3.05, 3.63) is 54.1 Å². The summed E-state index contributed by atoms with van der Waals surface area (Å²) in [4.78, 5) is 14.6. The van der Waals surface area contributed by atoms with Crippen LogP contribution in [0.3, 0.4) is 0 Å². The highest BCUT2D eigenvalue weighted by Gasteiger charge is 2.28. The summed E-state index contributed by atoms with van der Waals surface area (Å²) in [7, 11) is 3.27. The van der Waals surface area contributed by atoms with E-state index in [9.17, 15) is 4.79 Å². The van der Waals surface area contributed by atoms with Gasteiger partial charge >= 0.3 is 0 Å². The number of rotatable bonds is 9. The zero-order chi connectivity index (χ0) is 19.8. The molecule has 0 saturated carbocycles. The van der Waals surface area contributed by atoms with Crippen molar-refractivity contribution < 1.29 is 19.0 Å². The first-order valence-corrected chi connectivity index (χ1v) is 9.62. The Balaban J connectivity index is 1.50. The van der Waals surface area contributed by atoms with Gasteiger partial charge in [-0.1, -0.05) is 24.3 Å². The number of ether oxygens (including phenoxy) is 3. The minimum absolute atomic E-state index is 0.0176. The van der Waals surface area contributed by atoms with Crippen molar-refractivity contribution in [2.75, 3.05) is 40.5 Å². The number of benzene rings is 2. The van der Waals surface area contributed by atoms with Crippen LogP contribution in [0.1, 0.15) is 24.4 Å². The SMILES string of the molecule is COc1ccc(C2CCCN2CC(=O)NCCOc2ccccc2)cc1OC. The number of amides is 1. The average Bonchev–Trinajstić information content (AvgIpc) is 3.19. The summed E-state index contributed by atoms with van der Waals surface area (Å²) >= 11 is 0. The molecule has 0 aromatic heterocycles. The molecule has 2 aromatic carbocycles. The highest BCUT2D eigenvalue weighted by Crippen LogP contribution is 2.36. The lowest BCUT2D eigenvalue weighted by atomic mass is 10.0. The lowest BCUT2D eigenvalue weighted by Gasteiger charge is -2.25. The van der Waals surface area contributed by atoms with Crippen LogP contribution in [0.5, 0.6) is 17.2 Å². The number of hydrogen-bond acceptors (Lipinski definition) is 5. The van der Waals surface area contributed by atoms with E-state index in [4.69, 9.17) is 14.2 Å². The van der Waals surface area contributed by atoms with Crippen LogP contribution >= 0.6 is 0 Å². The first-order valence-electron chi connectivity index (χ1n) is 9.62. The molecule has 1 heterocycles. The Morgan fingerprint density at radius 3 is 2.64 bits per heavy atom. The first kappa shape index (κ1) is 20.0. The predicted molar refractivity (Wildman–Crippen MR) is 108 cm³/mol. The molecular weight excluding hydrogens is 356 g/mol. The van der Waals surface area contributed by atoms with Gasteiger partial charge in [-0.25, -0.2) is 0 Å². The normalized spacial score (nSPS) is 16.6. The van der Waals surface area contributed by atoms with Crippen LogP contribution in [0.4, 0.5) is 0 Å². The monoisotopic (exact) mass is 384 g/mol. The van der Waals surface area contributed by atoms with Gasteiger partial charge in [0.05, 0.1) is 27.3 Å². The Labute approximate surface area is 166 Å². The molecule has 2 aromatic rings. The molecule has 0 spiro atoms. The quantitative estimate of drug-likeness (QED) is 0.674. The maximum absolute atomic E-state index is 12.4. The van der Waals surface area contributed by atoms with Crippen molar-refractivity contribution in [3.63, 3.8) is 0 Å². The molecule has 3 rings (SSSR count). The molecule has 1 N–H and O–H groups in total. The summed E-state index contributed by atoms with van der Waals surface area (Å²) in [6, 6.07) is 15.8. The zero-order valence-corrected chi connectivity index (χ0v) is 16.5. The highest BCUT2D eigenvalue weighted by atomic mass is 16.5. The Morgan fingerprint density at radius 2 is 1.89 bits per heavy atom. The van der Waals surface area contributed by atoms with Gasteiger partial charge in [0.2, 0.25) is 5.91 Å². The highest BCUT2D eigenvalue weighted by molar-refractivity contribution is 5.78. The number of para-hydroxylation sites is 1. The second kappa shape index (κ2) is 9.99. The second-order valence-electron chi connectivity index (χ2n) is 6.75. The van der Waals surface area contributed by atoms with Crippen molar-refractivity contribution in [3.8, 4) is 17.2 Å². The summed E-state index contributed by atoms with van der Waals surface area (Å²) in [5.41, 5.74) is 1.15. The van der Waals surface area contributed by atoms with E-state index in [-0.39, 0.29) is 11.9 Å². The van der Waals surface area contributed by atoms with E-state index in [1.165, 1.54) is 0 Å². The molecule has 150 valence electrons. The fourth-order valence-electron chi connectivity index (χ4n) is 3.57. The number of hydrogen-bond donors (Lipinski definition) is 1. The number of methoxy groups -OCH3 is 2. The van der Waals surface area contributed by atoms with Gasteiger partial charge in [-0.05, 0) is 49.2 Å². The van der Waals surface area contributed by atoms with Crippen LogP contribution in [-0.4, -0.2) is 51.3 Å². The molecule has 0 aliphatic carbocycles. The van der Waals surface area contributed by atoms with E-state index in [0.29, 0.717) is 25.4 Å². The third kappa shape index (κ3) is 5.16. The van der Waals surface area contributed by atoms with Crippen LogP contribution in [0.15, 0.2) is 48.5 Å². The maximum atomic E-state index is 12.4. The molecular formula is C22H28N2O4. The largest absolute Gasteiger partial charge is 0.493 e.